The van der Waals surface area contributed by atoms with Gasteiger partial charge in [-0.1, -0.05) is 73.6 Å². The van der Waals surface area contributed by atoms with Gasteiger partial charge in [-0.05, 0) is 49.6 Å². The zero-order valence-electron chi connectivity index (χ0n) is 21.3. The van der Waals surface area contributed by atoms with Gasteiger partial charge in [-0.3, -0.25) is 9.98 Å². The average molecular weight is 405 g/mol. The molecule has 0 amide bonds. The summed E-state index contributed by atoms with van der Waals surface area (Å²) < 4.78 is 5.32. The van der Waals surface area contributed by atoms with Crippen molar-refractivity contribution in [1.29, 1.82) is 0 Å². The zero-order valence-corrected chi connectivity index (χ0v) is 21.3. The fourth-order valence-electron chi connectivity index (χ4n) is 2.09. The molecule has 0 saturated carbocycles. The lowest BCUT2D eigenvalue weighted by Gasteiger charge is -2.10. The molecule has 1 aromatic carbocycles. The van der Waals surface area contributed by atoms with E-state index in [1.165, 1.54) is 16.7 Å². The molecule has 0 saturated heterocycles. The van der Waals surface area contributed by atoms with E-state index in [0.717, 1.165) is 18.7 Å². The van der Waals surface area contributed by atoms with Gasteiger partial charge in [0.05, 0.1) is 7.11 Å². The van der Waals surface area contributed by atoms with Crippen LogP contribution < -0.4 is 4.74 Å². The first-order valence-corrected chi connectivity index (χ1v) is 11.2. The van der Waals surface area contributed by atoms with Gasteiger partial charge < -0.3 is 4.74 Å². The Hall–Kier alpha value is -2.16. The molecule has 0 radical (unpaired) electrons. The van der Waals surface area contributed by atoms with E-state index in [-0.39, 0.29) is 0 Å². The van der Waals surface area contributed by atoms with Crippen LogP contribution in [0, 0.1) is 13.8 Å². The molecular formula is C26H48N2O. The van der Waals surface area contributed by atoms with E-state index < -0.39 is 0 Å². The quantitative estimate of drug-likeness (QED) is 0.482. The van der Waals surface area contributed by atoms with Crippen LogP contribution in [0.4, 0.5) is 0 Å². The van der Waals surface area contributed by atoms with E-state index >= 15 is 0 Å². The first-order chi connectivity index (χ1) is 14.2. The van der Waals surface area contributed by atoms with Crippen molar-refractivity contribution in [2.45, 2.75) is 82.6 Å². The van der Waals surface area contributed by atoms with Crippen molar-refractivity contribution in [2.24, 2.45) is 4.99 Å². The van der Waals surface area contributed by atoms with Gasteiger partial charge in [0.2, 0.25) is 0 Å². The van der Waals surface area contributed by atoms with E-state index in [1.54, 1.807) is 19.5 Å². The predicted octanol–water partition coefficient (Wildman–Crippen LogP) is 8.13. The second-order valence-corrected chi connectivity index (χ2v) is 4.67. The number of hydrogen-bond acceptors (Lipinski definition) is 3. The molecule has 2 rings (SSSR count). The number of aliphatic imine (C=N–C) groups is 1. The summed E-state index contributed by atoms with van der Waals surface area (Å²) in [5.74, 6) is 0.992. The summed E-state index contributed by atoms with van der Waals surface area (Å²) in [4.78, 5) is 8.00. The number of benzene rings is 1. The largest absolute Gasteiger partial charge is 0.496 e. The second-order valence-electron chi connectivity index (χ2n) is 4.67. The minimum Gasteiger partial charge on any atom is -0.496 e. The molecule has 29 heavy (non-hydrogen) atoms. The van der Waals surface area contributed by atoms with Gasteiger partial charge >= 0.3 is 0 Å². The molecule has 1 heterocycles. The SMILES string of the molecule is CC.CC.CC.CC.CCN=CCc1cc(C)c(OC)c(C)c1.c1ccncc1. The second kappa shape index (κ2) is 30.6. The van der Waals surface area contributed by atoms with Crippen LogP contribution in [0.15, 0.2) is 47.7 Å². The number of aromatic nitrogens is 1. The third-order valence-corrected chi connectivity index (χ3v) is 2.93. The lowest BCUT2D eigenvalue weighted by atomic mass is 10.0. The van der Waals surface area contributed by atoms with Crippen molar-refractivity contribution in [3.63, 3.8) is 0 Å². The van der Waals surface area contributed by atoms with Crippen LogP contribution in [-0.2, 0) is 6.42 Å². The van der Waals surface area contributed by atoms with Crippen LogP contribution in [0.5, 0.6) is 5.75 Å². The first-order valence-electron chi connectivity index (χ1n) is 11.2. The van der Waals surface area contributed by atoms with Crippen molar-refractivity contribution in [3.05, 3.63) is 59.4 Å². The minimum absolute atomic E-state index is 0.855. The summed E-state index contributed by atoms with van der Waals surface area (Å²) in [6.07, 6.45) is 6.38. The highest BCUT2D eigenvalue weighted by atomic mass is 16.5. The number of ether oxygens (including phenoxy) is 1. The van der Waals surface area contributed by atoms with Crippen LogP contribution in [0.25, 0.3) is 0 Å². The van der Waals surface area contributed by atoms with Gasteiger partial charge in [-0.2, -0.15) is 0 Å². The molecule has 3 nitrogen and oxygen atoms in total. The summed E-state index contributed by atoms with van der Waals surface area (Å²) in [5, 5.41) is 0. The lowest BCUT2D eigenvalue weighted by Crippen LogP contribution is -1.95. The molecule has 3 heteroatoms. The van der Waals surface area contributed by atoms with Crippen LogP contribution in [-0.4, -0.2) is 24.9 Å². The van der Waals surface area contributed by atoms with Crippen molar-refractivity contribution in [1.82, 2.24) is 4.98 Å². The molecule has 0 bridgehead atoms. The van der Waals surface area contributed by atoms with Crippen LogP contribution in [0.2, 0.25) is 0 Å². The standard InChI is InChI=1S/C13H19NO.C5H5N.4C2H6/c1-5-14-7-6-12-8-10(2)13(15-4)11(3)9-12;1-2-4-6-5-3-1;4*1-2/h7-9H,5-6H2,1-4H3;1-5H;4*1-2H3. The van der Waals surface area contributed by atoms with Crippen LogP contribution in [0.3, 0.4) is 0 Å². The average Bonchev–Trinajstić information content (AvgIpc) is 2.81. The van der Waals surface area contributed by atoms with Crippen LogP contribution in [0.1, 0.15) is 79.0 Å². The third-order valence-electron chi connectivity index (χ3n) is 2.93. The Labute approximate surface area is 182 Å². The highest BCUT2D eigenvalue weighted by molar-refractivity contribution is 5.62. The number of methoxy groups -OCH3 is 1. The molecule has 0 N–H and O–H groups in total. The Morgan fingerprint density at radius 3 is 1.55 bits per heavy atom. The lowest BCUT2D eigenvalue weighted by molar-refractivity contribution is 0.408. The van der Waals surface area contributed by atoms with E-state index in [2.05, 4.69) is 36.0 Å². The van der Waals surface area contributed by atoms with Crippen LogP contribution >= 0.6 is 0 Å². The summed E-state index contributed by atoms with van der Waals surface area (Å²) >= 11 is 0. The molecule has 1 aromatic heterocycles. The number of aryl methyl sites for hydroxylation is 2. The van der Waals surface area contributed by atoms with E-state index in [1.807, 2.05) is 86.7 Å². The Bertz CT molecular complexity index is 502. The van der Waals surface area contributed by atoms with Gasteiger partial charge in [0.1, 0.15) is 5.75 Å². The third kappa shape index (κ3) is 20.4. The van der Waals surface area contributed by atoms with Crippen molar-refractivity contribution in [2.75, 3.05) is 13.7 Å². The van der Waals surface area contributed by atoms with Gasteiger partial charge in [0, 0.05) is 31.6 Å². The molecule has 2 aromatic rings. The maximum Gasteiger partial charge on any atom is 0.124 e. The van der Waals surface area contributed by atoms with Gasteiger partial charge in [-0.25, -0.2) is 0 Å². The van der Waals surface area contributed by atoms with Crippen molar-refractivity contribution in [3.8, 4) is 5.75 Å². The summed E-state index contributed by atoms with van der Waals surface area (Å²) in [7, 11) is 1.72. The molecular weight excluding hydrogens is 356 g/mol. The molecule has 0 aliphatic heterocycles. The summed E-state index contributed by atoms with van der Waals surface area (Å²) in [6.45, 7) is 23.0. The number of hydrogen-bond donors (Lipinski definition) is 0. The van der Waals surface area contributed by atoms with Gasteiger partial charge in [-0.15, -0.1) is 0 Å². The Kier molecular flexibility index (Phi) is 36.2. The molecule has 0 aliphatic rings. The maximum atomic E-state index is 5.32. The van der Waals surface area contributed by atoms with E-state index in [0.29, 0.717) is 0 Å². The monoisotopic (exact) mass is 404 g/mol. The fourth-order valence-corrected chi connectivity index (χ4v) is 2.09. The molecule has 168 valence electrons. The number of pyridine rings is 1. The smallest absolute Gasteiger partial charge is 0.124 e. The normalized spacial score (nSPS) is 8.14. The zero-order chi connectivity index (χ0) is 23.5. The minimum atomic E-state index is 0.855. The molecule has 0 spiro atoms. The van der Waals surface area contributed by atoms with E-state index in [9.17, 15) is 0 Å². The molecule has 0 fully saturated rings. The molecule has 0 unspecified atom stereocenters. The Balaban J connectivity index is -0.000000185. The van der Waals surface area contributed by atoms with Gasteiger partial charge in [0.25, 0.3) is 0 Å². The maximum absolute atomic E-state index is 5.32. The van der Waals surface area contributed by atoms with Crippen molar-refractivity contribution < 1.29 is 4.74 Å². The highest BCUT2D eigenvalue weighted by Crippen LogP contribution is 2.24. The molecule has 0 atom stereocenters. The topological polar surface area (TPSA) is 34.5 Å². The summed E-state index contributed by atoms with van der Waals surface area (Å²) in [5.41, 5.74) is 3.68. The van der Waals surface area contributed by atoms with Gasteiger partial charge in [0.15, 0.2) is 0 Å². The predicted molar refractivity (Wildman–Crippen MR) is 135 cm³/mol. The highest BCUT2D eigenvalue weighted by Gasteiger charge is 2.03. The number of rotatable bonds is 4. The Morgan fingerprint density at radius 1 is 0.828 bits per heavy atom. The molecule has 0 aliphatic carbocycles. The first kappa shape index (κ1) is 34.4. The fraction of sp³-hybridized carbons (Fsp3) is 0.538. The van der Waals surface area contributed by atoms with Crippen molar-refractivity contribution >= 4 is 6.21 Å². The Morgan fingerprint density at radius 2 is 1.28 bits per heavy atom. The summed E-state index contributed by atoms with van der Waals surface area (Å²) in [6, 6.07) is 10.0. The van der Waals surface area contributed by atoms with E-state index in [4.69, 9.17) is 4.74 Å². The number of nitrogens with zero attached hydrogens (tertiary/aromatic N) is 2.